The highest BCUT2D eigenvalue weighted by Crippen LogP contribution is 2.27. The van der Waals surface area contributed by atoms with Crippen LogP contribution < -0.4 is 5.73 Å². The maximum absolute atomic E-state index is 5.66. The molecule has 0 saturated carbocycles. The number of anilines is 1. The molecule has 0 aliphatic heterocycles. The molecular formula is C14H11N3S. The summed E-state index contributed by atoms with van der Waals surface area (Å²) in [5.41, 5.74) is 9.97. The summed E-state index contributed by atoms with van der Waals surface area (Å²) < 4.78 is 0. The van der Waals surface area contributed by atoms with E-state index in [1.807, 2.05) is 29.6 Å². The van der Waals surface area contributed by atoms with Crippen molar-refractivity contribution in [1.82, 2.24) is 9.97 Å². The molecule has 0 atom stereocenters. The van der Waals surface area contributed by atoms with Gasteiger partial charge in [-0.15, -0.1) is 11.3 Å². The highest BCUT2D eigenvalue weighted by molar-refractivity contribution is 7.13. The fraction of sp³-hybridized carbons (Fsp3) is 0. The van der Waals surface area contributed by atoms with Crippen molar-refractivity contribution >= 4 is 16.5 Å². The quantitative estimate of drug-likeness (QED) is 0.761. The fourth-order valence-corrected chi connectivity index (χ4v) is 2.39. The molecule has 0 amide bonds. The Balaban J connectivity index is 2.05. The van der Waals surface area contributed by atoms with Gasteiger partial charge in [-0.2, -0.15) is 0 Å². The van der Waals surface area contributed by atoms with E-state index in [9.17, 15) is 0 Å². The van der Waals surface area contributed by atoms with Crippen LogP contribution in [0.1, 0.15) is 0 Å². The van der Waals surface area contributed by atoms with Crippen molar-refractivity contribution in [3.8, 4) is 22.4 Å². The lowest BCUT2D eigenvalue weighted by molar-refractivity contribution is 1.33. The first-order chi connectivity index (χ1) is 8.83. The zero-order chi connectivity index (χ0) is 12.4. The summed E-state index contributed by atoms with van der Waals surface area (Å²) in [5, 5.41) is 2.57. The molecule has 0 saturated heterocycles. The Kier molecular flexibility index (Phi) is 2.78. The van der Waals surface area contributed by atoms with E-state index >= 15 is 0 Å². The molecule has 0 unspecified atom stereocenters. The van der Waals surface area contributed by atoms with Crippen LogP contribution in [0.25, 0.3) is 22.4 Å². The van der Waals surface area contributed by atoms with Gasteiger partial charge < -0.3 is 5.73 Å². The zero-order valence-electron chi connectivity index (χ0n) is 9.58. The lowest BCUT2D eigenvalue weighted by Crippen LogP contribution is -1.84. The monoisotopic (exact) mass is 253 g/mol. The first-order valence-corrected chi connectivity index (χ1v) is 6.43. The Morgan fingerprint density at radius 3 is 2.44 bits per heavy atom. The molecule has 2 heterocycles. The molecule has 0 spiro atoms. The topological polar surface area (TPSA) is 51.8 Å². The summed E-state index contributed by atoms with van der Waals surface area (Å²) in [4.78, 5) is 8.33. The van der Waals surface area contributed by atoms with Gasteiger partial charge in [-0.25, -0.2) is 4.98 Å². The van der Waals surface area contributed by atoms with Crippen molar-refractivity contribution < 1.29 is 0 Å². The minimum atomic E-state index is 0.597. The zero-order valence-corrected chi connectivity index (χ0v) is 10.4. The van der Waals surface area contributed by atoms with Crippen LogP contribution in [0.15, 0.2) is 54.2 Å². The molecule has 18 heavy (non-hydrogen) atoms. The highest BCUT2D eigenvalue weighted by Gasteiger charge is 2.04. The van der Waals surface area contributed by atoms with E-state index in [2.05, 4.69) is 22.1 Å². The molecule has 0 aliphatic rings. The largest absolute Gasteiger partial charge is 0.375 e. The van der Waals surface area contributed by atoms with E-state index in [0.717, 1.165) is 22.4 Å². The Hall–Kier alpha value is -2.20. The molecule has 0 bridgehead atoms. The Labute approximate surface area is 109 Å². The molecule has 2 aromatic heterocycles. The minimum absolute atomic E-state index is 0.597. The second-order valence-corrected chi connectivity index (χ2v) is 4.78. The molecule has 3 aromatic rings. The molecule has 0 aliphatic carbocycles. The first kappa shape index (κ1) is 10.9. The Morgan fingerprint density at radius 1 is 0.944 bits per heavy atom. The third-order valence-electron chi connectivity index (χ3n) is 2.69. The molecule has 2 N–H and O–H groups in total. The third kappa shape index (κ3) is 2.10. The summed E-state index contributed by atoms with van der Waals surface area (Å²) in [6, 6.07) is 12.3. The van der Waals surface area contributed by atoms with E-state index in [1.165, 1.54) is 11.3 Å². The van der Waals surface area contributed by atoms with Crippen molar-refractivity contribution in [3.05, 3.63) is 54.2 Å². The van der Waals surface area contributed by atoms with Crippen LogP contribution >= 0.6 is 11.3 Å². The van der Waals surface area contributed by atoms with Crippen molar-refractivity contribution in [2.24, 2.45) is 0 Å². The average Bonchev–Trinajstić information content (AvgIpc) is 2.87. The molecule has 0 radical (unpaired) electrons. The minimum Gasteiger partial charge on any atom is -0.375 e. The molecule has 1 aromatic carbocycles. The van der Waals surface area contributed by atoms with Crippen molar-refractivity contribution in [2.75, 3.05) is 5.73 Å². The average molecular weight is 253 g/mol. The smallest absolute Gasteiger partial charge is 0.180 e. The van der Waals surface area contributed by atoms with E-state index in [1.54, 1.807) is 12.4 Å². The number of hydrogen-bond donors (Lipinski definition) is 1. The van der Waals surface area contributed by atoms with Gasteiger partial charge in [0, 0.05) is 23.3 Å². The van der Waals surface area contributed by atoms with Gasteiger partial charge in [0.2, 0.25) is 0 Å². The molecule has 88 valence electrons. The predicted octanol–water partition coefficient (Wildman–Crippen LogP) is 3.45. The van der Waals surface area contributed by atoms with Gasteiger partial charge in [-0.05, 0) is 29.3 Å². The normalized spacial score (nSPS) is 10.4. The van der Waals surface area contributed by atoms with Crippen LogP contribution in [0.2, 0.25) is 0 Å². The van der Waals surface area contributed by atoms with E-state index in [4.69, 9.17) is 5.73 Å². The van der Waals surface area contributed by atoms with Gasteiger partial charge in [0.1, 0.15) is 0 Å². The van der Waals surface area contributed by atoms with Gasteiger partial charge in [0.15, 0.2) is 5.13 Å². The number of aromatic nitrogens is 2. The summed E-state index contributed by atoms with van der Waals surface area (Å²) in [6.45, 7) is 0. The predicted molar refractivity (Wildman–Crippen MR) is 75.2 cm³/mol. The maximum Gasteiger partial charge on any atom is 0.180 e. The Morgan fingerprint density at radius 2 is 1.72 bits per heavy atom. The molecule has 3 nitrogen and oxygen atoms in total. The van der Waals surface area contributed by atoms with Gasteiger partial charge in [-0.3, -0.25) is 4.98 Å². The lowest BCUT2D eigenvalue weighted by Gasteiger charge is -2.03. The van der Waals surface area contributed by atoms with Gasteiger partial charge in [-0.1, -0.05) is 18.2 Å². The second kappa shape index (κ2) is 4.58. The SMILES string of the molecule is Nc1nc(-c2cccc(-c3ccncc3)c2)cs1. The third-order valence-corrected chi connectivity index (χ3v) is 3.37. The fourth-order valence-electron chi connectivity index (χ4n) is 1.82. The highest BCUT2D eigenvalue weighted by atomic mass is 32.1. The maximum atomic E-state index is 5.66. The van der Waals surface area contributed by atoms with Crippen LogP contribution in [-0.4, -0.2) is 9.97 Å². The standard InChI is InChI=1S/C14H11N3S/c15-14-17-13(9-18-14)12-3-1-2-11(8-12)10-4-6-16-7-5-10/h1-9H,(H2,15,17). The molecule has 0 fully saturated rings. The van der Waals surface area contributed by atoms with Crippen LogP contribution in [0, 0.1) is 0 Å². The van der Waals surface area contributed by atoms with E-state index in [-0.39, 0.29) is 0 Å². The number of benzene rings is 1. The number of nitrogen functional groups attached to an aromatic ring is 1. The number of nitrogens with two attached hydrogens (primary N) is 1. The van der Waals surface area contributed by atoms with Crippen LogP contribution in [0.3, 0.4) is 0 Å². The number of thiazole rings is 1. The summed E-state index contributed by atoms with van der Waals surface area (Å²) in [6.07, 6.45) is 3.59. The second-order valence-electron chi connectivity index (χ2n) is 3.89. The number of nitrogens with zero attached hydrogens (tertiary/aromatic N) is 2. The lowest BCUT2D eigenvalue weighted by atomic mass is 10.0. The molecule has 4 heteroatoms. The van der Waals surface area contributed by atoms with Crippen LogP contribution in [0.4, 0.5) is 5.13 Å². The van der Waals surface area contributed by atoms with Gasteiger partial charge >= 0.3 is 0 Å². The summed E-state index contributed by atoms with van der Waals surface area (Å²) >= 11 is 1.46. The van der Waals surface area contributed by atoms with Crippen LogP contribution in [-0.2, 0) is 0 Å². The van der Waals surface area contributed by atoms with E-state index < -0.39 is 0 Å². The number of rotatable bonds is 2. The van der Waals surface area contributed by atoms with Crippen molar-refractivity contribution in [1.29, 1.82) is 0 Å². The van der Waals surface area contributed by atoms with Gasteiger partial charge in [0.05, 0.1) is 5.69 Å². The first-order valence-electron chi connectivity index (χ1n) is 5.55. The summed E-state index contributed by atoms with van der Waals surface area (Å²) in [7, 11) is 0. The number of hydrogen-bond acceptors (Lipinski definition) is 4. The van der Waals surface area contributed by atoms with E-state index in [0.29, 0.717) is 5.13 Å². The molecular weight excluding hydrogens is 242 g/mol. The Bertz CT molecular complexity index is 662. The van der Waals surface area contributed by atoms with Crippen molar-refractivity contribution in [3.63, 3.8) is 0 Å². The van der Waals surface area contributed by atoms with Crippen molar-refractivity contribution in [2.45, 2.75) is 0 Å². The molecule has 3 rings (SSSR count). The van der Waals surface area contributed by atoms with Gasteiger partial charge in [0.25, 0.3) is 0 Å². The number of pyridine rings is 1. The van der Waals surface area contributed by atoms with Crippen LogP contribution in [0.5, 0.6) is 0 Å². The summed E-state index contributed by atoms with van der Waals surface area (Å²) in [5.74, 6) is 0.